The van der Waals surface area contributed by atoms with Crippen LogP contribution in [-0.4, -0.2) is 26.3 Å². The van der Waals surface area contributed by atoms with Crippen LogP contribution in [0.2, 0.25) is 0 Å². The molecule has 0 aliphatic carbocycles. The van der Waals surface area contributed by atoms with E-state index in [-0.39, 0.29) is 6.10 Å². The van der Waals surface area contributed by atoms with Gasteiger partial charge in [-0.25, -0.2) is 0 Å². The molecule has 2 rings (SSSR count). The number of methoxy groups -OCH3 is 1. The Hall–Kier alpha value is -1.22. The van der Waals surface area contributed by atoms with E-state index in [0.717, 1.165) is 24.6 Å². The lowest BCUT2D eigenvalue weighted by molar-refractivity contribution is 0.160. The van der Waals surface area contributed by atoms with E-state index in [0.29, 0.717) is 5.92 Å². The molecule has 16 heavy (non-hydrogen) atoms. The monoisotopic (exact) mass is 221 g/mol. The summed E-state index contributed by atoms with van der Waals surface area (Å²) >= 11 is 0. The molecule has 0 aromatic heterocycles. The topological polar surface area (TPSA) is 30.5 Å². The Morgan fingerprint density at radius 3 is 2.88 bits per heavy atom. The molecule has 0 spiro atoms. The van der Waals surface area contributed by atoms with Gasteiger partial charge in [-0.3, -0.25) is 0 Å². The maximum absolute atomic E-state index is 5.92. The molecule has 0 bridgehead atoms. The zero-order valence-corrected chi connectivity index (χ0v) is 9.90. The Morgan fingerprint density at radius 2 is 2.19 bits per heavy atom. The summed E-state index contributed by atoms with van der Waals surface area (Å²) in [5.41, 5.74) is 0. The average molecular weight is 221 g/mol. The third-order valence-corrected chi connectivity index (χ3v) is 3.13. The van der Waals surface area contributed by atoms with Crippen molar-refractivity contribution in [3.05, 3.63) is 24.3 Å². The minimum absolute atomic E-state index is 0.252. The lowest BCUT2D eigenvalue weighted by atomic mass is 10.0. The Kier molecular flexibility index (Phi) is 3.67. The Balaban J connectivity index is 1.96. The molecule has 2 unspecified atom stereocenters. The fourth-order valence-corrected chi connectivity index (χ4v) is 2.06. The predicted octanol–water partition coefficient (Wildman–Crippen LogP) is 2.07. The maximum atomic E-state index is 5.92. The quantitative estimate of drug-likeness (QED) is 0.844. The third kappa shape index (κ3) is 2.67. The SMILES string of the molecule is COc1cccc(OC(C)C2CCNC2)c1. The van der Waals surface area contributed by atoms with E-state index in [9.17, 15) is 0 Å². The van der Waals surface area contributed by atoms with Gasteiger partial charge in [-0.15, -0.1) is 0 Å². The first-order chi connectivity index (χ1) is 7.79. The largest absolute Gasteiger partial charge is 0.497 e. The van der Waals surface area contributed by atoms with Crippen LogP contribution in [0.5, 0.6) is 11.5 Å². The number of nitrogens with one attached hydrogen (secondary N) is 1. The van der Waals surface area contributed by atoms with Crippen LogP contribution >= 0.6 is 0 Å². The summed E-state index contributed by atoms with van der Waals surface area (Å²) in [5, 5.41) is 3.36. The van der Waals surface area contributed by atoms with Crippen LogP contribution in [0.25, 0.3) is 0 Å². The summed E-state index contributed by atoms with van der Waals surface area (Å²) in [7, 11) is 1.67. The lowest BCUT2D eigenvalue weighted by Crippen LogP contribution is -2.25. The van der Waals surface area contributed by atoms with Crippen LogP contribution in [0.3, 0.4) is 0 Å². The van der Waals surface area contributed by atoms with Crippen LogP contribution in [0.4, 0.5) is 0 Å². The van der Waals surface area contributed by atoms with Gasteiger partial charge < -0.3 is 14.8 Å². The van der Waals surface area contributed by atoms with Gasteiger partial charge in [-0.2, -0.15) is 0 Å². The van der Waals surface area contributed by atoms with Gasteiger partial charge in [-0.1, -0.05) is 6.07 Å². The molecule has 88 valence electrons. The first kappa shape index (κ1) is 11.3. The molecule has 1 aromatic carbocycles. The molecule has 1 fully saturated rings. The van der Waals surface area contributed by atoms with Crippen LogP contribution < -0.4 is 14.8 Å². The summed E-state index contributed by atoms with van der Waals surface area (Å²) in [6.45, 7) is 4.30. The van der Waals surface area contributed by atoms with Crippen molar-refractivity contribution in [1.82, 2.24) is 5.32 Å². The van der Waals surface area contributed by atoms with E-state index in [2.05, 4.69) is 12.2 Å². The zero-order chi connectivity index (χ0) is 11.4. The first-order valence-electron chi connectivity index (χ1n) is 5.81. The summed E-state index contributed by atoms with van der Waals surface area (Å²) < 4.78 is 11.1. The predicted molar refractivity (Wildman–Crippen MR) is 64.1 cm³/mol. The van der Waals surface area contributed by atoms with Crippen LogP contribution in [0.15, 0.2) is 24.3 Å². The normalized spacial score (nSPS) is 21.8. The van der Waals surface area contributed by atoms with E-state index in [1.165, 1.54) is 6.42 Å². The highest BCUT2D eigenvalue weighted by molar-refractivity contribution is 5.32. The third-order valence-electron chi connectivity index (χ3n) is 3.13. The second kappa shape index (κ2) is 5.21. The highest BCUT2D eigenvalue weighted by Gasteiger charge is 2.22. The smallest absolute Gasteiger partial charge is 0.123 e. The highest BCUT2D eigenvalue weighted by Crippen LogP contribution is 2.23. The van der Waals surface area contributed by atoms with Gasteiger partial charge in [0.25, 0.3) is 0 Å². The number of benzene rings is 1. The molecule has 1 saturated heterocycles. The molecule has 0 radical (unpaired) electrons. The molecule has 1 heterocycles. The minimum Gasteiger partial charge on any atom is -0.497 e. The second-order valence-corrected chi connectivity index (χ2v) is 4.25. The minimum atomic E-state index is 0.252. The van der Waals surface area contributed by atoms with Crippen molar-refractivity contribution in [1.29, 1.82) is 0 Å². The van der Waals surface area contributed by atoms with Crippen molar-refractivity contribution in [2.75, 3.05) is 20.2 Å². The van der Waals surface area contributed by atoms with E-state index in [4.69, 9.17) is 9.47 Å². The van der Waals surface area contributed by atoms with Gasteiger partial charge in [0.05, 0.1) is 13.2 Å². The molecule has 0 amide bonds. The molecule has 1 aromatic rings. The van der Waals surface area contributed by atoms with Crippen molar-refractivity contribution in [3.63, 3.8) is 0 Å². The van der Waals surface area contributed by atoms with Crippen LogP contribution in [0.1, 0.15) is 13.3 Å². The summed E-state index contributed by atoms with van der Waals surface area (Å²) in [6, 6.07) is 7.78. The van der Waals surface area contributed by atoms with E-state index in [1.54, 1.807) is 7.11 Å². The summed E-state index contributed by atoms with van der Waals surface area (Å²) in [5.74, 6) is 2.35. The van der Waals surface area contributed by atoms with Crippen molar-refractivity contribution in [2.24, 2.45) is 5.92 Å². The maximum Gasteiger partial charge on any atom is 0.123 e. The zero-order valence-electron chi connectivity index (χ0n) is 9.90. The Morgan fingerprint density at radius 1 is 1.38 bits per heavy atom. The van der Waals surface area contributed by atoms with Gasteiger partial charge in [0.2, 0.25) is 0 Å². The highest BCUT2D eigenvalue weighted by atomic mass is 16.5. The fourth-order valence-electron chi connectivity index (χ4n) is 2.06. The van der Waals surface area contributed by atoms with Gasteiger partial charge in [-0.05, 0) is 32.0 Å². The van der Waals surface area contributed by atoms with E-state index < -0.39 is 0 Å². The van der Waals surface area contributed by atoms with E-state index >= 15 is 0 Å². The Bertz CT molecular complexity index is 334. The van der Waals surface area contributed by atoms with Crippen molar-refractivity contribution in [3.8, 4) is 11.5 Å². The van der Waals surface area contributed by atoms with Crippen LogP contribution in [0, 0.1) is 5.92 Å². The number of hydrogen-bond acceptors (Lipinski definition) is 3. The molecule has 2 atom stereocenters. The molecule has 0 saturated carbocycles. The Labute approximate surface area is 96.8 Å². The fraction of sp³-hybridized carbons (Fsp3) is 0.538. The standard InChI is InChI=1S/C13H19NO2/c1-10(11-6-7-14-9-11)16-13-5-3-4-12(8-13)15-2/h3-5,8,10-11,14H,6-7,9H2,1-2H3. The van der Waals surface area contributed by atoms with E-state index in [1.807, 2.05) is 24.3 Å². The van der Waals surface area contributed by atoms with Gasteiger partial charge in [0, 0.05) is 18.5 Å². The first-order valence-corrected chi connectivity index (χ1v) is 5.81. The lowest BCUT2D eigenvalue weighted by Gasteiger charge is -2.20. The molecule has 1 aliphatic heterocycles. The summed E-state index contributed by atoms with van der Waals surface area (Å²) in [6.07, 6.45) is 1.45. The van der Waals surface area contributed by atoms with Gasteiger partial charge >= 0.3 is 0 Å². The molecule has 1 N–H and O–H groups in total. The second-order valence-electron chi connectivity index (χ2n) is 4.25. The van der Waals surface area contributed by atoms with Gasteiger partial charge in [0.15, 0.2) is 0 Å². The molecular weight excluding hydrogens is 202 g/mol. The summed E-state index contributed by atoms with van der Waals surface area (Å²) in [4.78, 5) is 0. The average Bonchev–Trinajstić information content (AvgIpc) is 2.83. The van der Waals surface area contributed by atoms with Crippen molar-refractivity contribution in [2.45, 2.75) is 19.4 Å². The molecule has 3 nitrogen and oxygen atoms in total. The number of rotatable bonds is 4. The number of hydrogen-bond donors (Lipinski definition) is 1. The number of ether oxygens (including phenoxy) is 2. The van der Waals surface area contributed by atoms with Crippen molar-refractivity contribution >= 4 is 0 Å². The molecule has 1 aliphatic rings. The van der Waals surface area contributed by atoms with Crippen molar-refractivity contribution < 1.29 is 9.47 Å². The molecule has 3 heteroatoms. The van der Waals surface area contributed by atoms with Gasteiger partial charge in [0.1, 0.15) is 11.5 Å². The molecular formula is C13H19NO2. The van der Waals surface area contributed by atoms with Crippen LogP contribution in [-0.2, 0) is 0 Å².